The Morgan fingerprint density at radius 3 is 2.27 bits per heavy atom. The number of ether oxygens (including phenoxy) is 1. The van der Waals surface area contributed by atoms with Crippen molar-refractivity contribution in [2.75, 3.05) is 13.1 Å². The molecule has 1 heterocycles. The van der Waals surface area contributed by atoms with E-state index >= 15 is 0 Å². The molecule has 1 rings (SSSR count). The summed E-state index contributed by atoms with van der Waals surface area (Å²) in [7, 11) is 0. The molecule has 126 valence electrons. The zero-order valence-electron chi connectivity index (χ0n) is 13.7. The van der Waals surface area contributed by atoms with Crippen LogP contribution in [-0.2, 0) is 14.3 Å². The predicted octanol–water partition coefficient (Wildman–Crippen LogP) is 1.61. The monoisotopic (exact) mass is 314 g/mol. The van der Waals surface area contributed by atoms with Gasteiger partial charge in [-0.1, -0.05) is 6.92 Å². The number of likely N-dealkylation sites (tertiary alicyclic amines) is 1. The lowest BCUT2D eigenvalue weighted by atomic mass is 9.99. The van der Waals surface area contributed by atoms with E-state index in [0.29, 0.717) is 19.0 Å². The fourth-order valence-corrected chi connectivity index (χ4v) is 2.21. The summed E-state index contributed by atoms with van der Waals surface area (Å²) in [5.74, 6) is -0.917. The molecule has 1 saturated heterocycles. The molecular weight excluding hydrogens is 288 g/mol. The third kappa shape index (κ3) is 6.32. The van der Waals surface area contributed by atoms with E-state index in [-0.39, 0.29) is 12.3 Å². The Hall–Kier alpha value is -1.79. The standard InChI is InChI=1S/C15H26N2O5/c1-10-5-7-17(8-6-10)12(18)9-11(13(19)20)16-14(21)22-15(2,3)4/h10-11H,5-9H2,1-4H3,(H,16,21)(H,19,20). The third-order valence-electron chi connectivity index (χ3n) is 3.50. The quantitative estimate of drug-likeness (QED) is 0.822. The van der Waals surface area contributed by atoms with Crippen LogP contribution in [-0.4, -0.2) is 52.7 Å². The van der Waals surface area contributed by atoms with Crippen molar-refractivity contribution in [3.8, 4) is 0 Å². The predicted molar refractivity (Wildman–Crippen MR) is 80.4 cm³/mol. The van der Waals surface area contributed by atoms with Crippen molar-refractivity contribution in [3.05, 3.63) is 0 Å². The van der Waals surface area contributed by atoms with Gasteiger partial charge in [0.15, 0.2) is 0 Å². The Morgan fingerprint density at radius 1 is 1.27 bits per heavy atom. The van der Waals surface area contributed by atoms with Gasteiger partial charge in [-0.3, -0.25) is 4.79 Å². The van der Waals surface area contributed by atoms with Gasteiger partial charge in [0.2, 0.25) is 5.91 Å². The first-order valence-corrected chi connectivity index (χ1v) is 7.58. The number of nitrogens with zero attached hydrogens (tertiary/aromatic N) is 1. The highest BCUT2D eigenvalue weighted by Crippen LogP contribution is 2.17. The van der Waals surface area contributed by atoms with Gasteiger partial charge in [-0.05, 0) is 39.5 Å². The molecule has 1 atom stereocenters. The Balaban J connectivity index is 2.55. The molecule has 1 aliphatic rings. The minimum Gasteiger partial charge on any atom is -0.480 e. The maximum absolute atomic E-state index is 12.2. The number of carboxylic acid groups (broad SMARTS) is 1. The van der Waals surface area contributed by atoms with Crippen molar-refractivity contribution in [1.29, 1.82) is 0 Å². The summed E-state index contributed by atoms with van der Waals surface area (Å²) in [5.41, 5.74) is -0.722. The van der Waals surface area contributed by atoms with Crippen LogP contribution < -0.4 is 5.32 Å². The minimum absolute atomic E-state index is 0.254. The van der Waals surface area contributed by atoms with Crippen LogP contribution in [0.25, 0.3) is 0 Å². The van der Waals surface area contributed by atoms with Gasteiger partial charge in [-0.25, -0.2) is 9.59 Å². The molecule has 7 nitrogen and oxygen atoms in total. The lowest BCUT2D eigenvalue weighted by molar-refractivity contribution is -0.143. The first-order chi connectivity index (χ1) is 10.1. The van der Waals surface area contributed by atoms with E-state index in [1.165, 1.54) is 0 Å². The van der Waals surface area contributed by atoms with E-state index in [2.05, 4.69) is 12.2 Å². The summed E-state index contributed by atoms with van der Waals surface area (Å²) < 4.78 is 5.02. The van der Waals surface area contributed by atoms with Crippen molar-refractivity contribution < 1.29 is 24.2 Å². The molecular formula is C15H26N2O5. The maximum Gasteiger partial charge on any atom is 0.408 e. The molecule has 1 unspecified atom stereocenters. The molecule has 0 aromatic rings. The number of carbonyl (C=O) groups is 3. The van der Waals surface area contributed by atoms with Gasteiger partial charge in [0, 0.05) is 13.1 Å². The molecule has 0 aromatic carbocycles. The second-order valence-corrected chi connectivity index (χ2v) is 6.80. The first-order valence-electron chi connectivity index (χ1n) is 7.58. The van der Waals surface area contributed by atoms with E-state index in [1.54, 1.807) is 25.7 Å². The maximum atomic E-state index is 12.2. The molecule has 22 heavy (non-hydrogen) atoms. The number of hydrogen-bond donors (Lipinski definition) is 2. The molecule has 0 aromatic heterocycles. The number of amides is 2. The summed E-state index contributed by atoms with van der Waals surface area (Å²) in [5, 5.41) is 11.4. The summed E-state index contributed by atoms with van der Waals surface area (Å²) in [4.78, 5) is 36.7. The lowest BCUT2D eigenvalue weighted by Crippen LogP contribution is -2.47. The number of carboxylic acids is 1. The van der Waals surface area contributed by atoms with Crippen molar-refractivity contribution >= 4 is 18.0 Å². The fraction of sp³-hybridized carbons (Fsp3) is 0.800. The molecule has 0 bridgehead atoms. The number of aliphatic carboxylic acids is 1. The SMILES string of the molecule is CC1CCN(C(=O)CC(NC(=O)OC(C)(C)C)C(=O)O)CC1. The van der Waals surface area contributed by atoms with E-state index in [9.17, 15) is 14.4 Å². The van der Waals surface area contributed by atoms with Crippen LogP contribution in [0, 0.1) is 5.92 Å². The normalized spacial score (nSPS) is 17.7. The van der Waals surface area contributed by atoms with Crippen molar-refractivity contribution in [3.63, 3.8) is 0 Å². The van der Waals surface area contributed by atoms with Gasteiger partial charge in [0.05, 0.1) is 6.42 Å². The van der Waals surface area contributed by atoms with E-state index in [4.69, 9.17) is 9.84 Å². The molecule has 2 N–H and O–H groups in total. The Bertz CT molecular complexity index is 422. The van der Waals surface area contributed by atoms with Crippen molar-refractivity contribution in [2.24, 2.45) is 5.92 Å². The van der Waals surface area contributed by atoms with E-state index < -0.39 is 23.7 Å². The number of nitrogens with one attached hydrogen (secondary N) is 1. The average Bonchev–Trinajstić information content (AvgIpc) is 2.36. The smallest absolute Gasteiger partial charge is 0.408 e. The largest absolute Gasteiger partial charge is 0.480 e. The second-order valence-electron chi connectivity index (χ2n) is 6.80. The van der Waals surface area contributed by atoms with E-state index in [0.717, 1.165) is 12.8 Å². The molecule has 1 fully saturated rings. The Labute approximate surface area is 131 Å². The van der Waals surface area contributed by atoms with E-state index in [1.807, 2.05) is 0 Å². The summed E-state index contributed by atoms with van der Waals surface area (Å²) >= 11 is 0. The van der Waals surface area contributed by atoms with Gasteiger partial charge in [0.1, 0.15) is 11.6 Å². The highest BCUT2D eigenvalue weighted by Gasteiger charge is 2.29. The van der Waals surface area contributed by atoms with Gasteiger partial charge in [-0.2, -0.15) is 0 Å². The van der Waals surface area contributed by atoms with Crippen LogP contribution in [0.1, 0.15) is 47.0 Å². The van der Waals surface area contributed by atoms with Gasteiger partial charge >= 0.3 is 12.1 Å². The Morgan fingerprint density at radius 2 is 1.82 bits per heavy atom. The number of piperidine rings is 1. The third-order valence-corrected chi connectivity index (χ3v) is 3.50. The topological polar surface area (TPSA) is 95.9 Å². The number of carbonyl (C=O) groups excluding carboxylic acids is 2. The summed E-state index contributed by atoms with van der Waals surface area (Å²) in [6, 6.07) is -1.28. The molecule has 1 aliphatic heterocycles. The molecule has 0 spiro atoms. The van der Waals surface area contributed by atoms with Crippen LogP contribution in [0.2, 0.25) is 0 Å². The second kappa shape index (κ2) is 7.47. The zero-order chi connectivity index (χ0) is 16.9. The van der Waals surface area contributed by atoms with Gasteiger partial charge in [0.25, 0.3) is 0 Å². The minimum atomic E-state index is -1.28. The molecule has 2 amide bonds. The molecule has 0 saturated carbocycles. The average molecular weight is 314 g/mol. The highest BCUT2D eigenvalue weighted by atomic mass is 16.6. The van der Waals surface area contributed by atoms with Crippen molar-refractivity contribution in [2.45, 2.75) is 58.6 Å². The van der Waals surface area contributed by atoms with Crippen LogP contribution in [0.3, 0.4) is 0 Å². The highest BCUT2D eigenvalue weighted by molar-refractivity contribution is 5.87. The van der Waals surface area contributed by atoms with Gasteiger partial charge < -0.3 is 20.1 Å². The molecule has 0 aliphatic carbocycles. The fourth-order valence-electron chi connectivity index (χ4n) is 2.21. The summed E-state index contributed by atoms with van der Waals surface area (Å²) in [6.45, 7) is 8.46. The number of alkyl carbamates (subject to hydrolysis) is 1. The van der Waals surface area contributed by atoms with Crippen LogP contribution >= 0.6 is 0 Å². The Kier molecular flexibility index (Phi) is 6.20. The number of hydrogen-bond acceptors (Lipinski definition) is 4. The van der Waals surface area contributed by atoms with Gasteiger partial charge in [-0.15, -0.1) is 0 Å². The summed E-state index contributed by atoms with van der Waals surface area (Å²) in [6.07, 6.45) is 0.745. The molecule has 0 radical (unpaired) electrons. The van der Waals surface area contributed by atoms with Crippen LogP contribution in [0.4, 0.5) is 4.79 Å². The lowest BCUT2D eigenvalue weighted by Gasteiger charge is -2.31. The molecule has 7 heteroatoms. The van der Waals surface area contributed by atoms with Crippen LogP contribution in [0.5, 0.6) is 0 Å². The van der Waals surface area contributed by atoms with Crippen LogP contribution in [0.15, 0.2) is 0 Å². The zero-order valence-corrected chi connectivity index (χ0v) is 13.7. The van der Waals surface area contributed by atoms with Crippen molar-refractivity contribution in [1.82, 2.24) is 10.2 Å². The number of rotatable bonds is 4. The first kappa shape index (κ1) is 18.3.